The molecule has 0 radical (unpaired) electrons. The van der Waals surface area contributed by atoms with Gasteiger partial charge in [0.05, 0.1) is 25.6 Å². The van der Waals surface area contributed by atoms with Crippen molar-refractivity contribution in [3.63, 3.8) is 0 Å². The van der Waals surface area contributed by atoms with Crippen molar-refractivity contribution in [2.75, 3.05) is 24.6 Å². The zero-order chi connectivity index (χ0) is 26.3. The Balaban J connectivity index is 1.07. The Morgan fingerprint density at radius 2 is 1.84 bits per heavy atom. The standard InChI is InChI=1S/C32H39N3O3/c1-23-3-4-26(20-33-17-15-23)19-32(36)34-24(2)27-7-11-30(12-8-27)38-31-16-18-35(21-31)28-9-13-29(14-10-28)37-22-25-5-6-25/h4,7-15,17,20,23-25,31H,3,5-6,16,18-19,21-22H2,1-2H3,(H,34,36). The van der Waals surface area contributed by atoms with Crippen LogP contribution in [0.2, 0.25) is 0 Å². The predicted octanol–water partition coefficient (Wildman–Crippen LogP) is 6.25. The van der Waals surface area contributed by atoms with Crippen LogP contribution < -0.4 is 19.7 Å². The van der Waals surface area contributed by atoms with Crippen molar-refractivity contribution < 1.29 is 14.3 Å². The molecule has 38 heavy (non-hydrogen) atoms. The molecule has 6 heteroatoms. The van der Waals surface area contributed by atoms with E-state index in [-0.39, 0.29) is 18.1 Å². The topological polar surface area (TPSA) is 63.2 Å². The minimum atomic E-state index is -0.0836. The normalized spacial score (nSPS) is 21.8. The first kappa shape index (κ1) is 26.1. The number of ether oxygens (including phenoxy) is 2. The van der Waals surface area contributed by atoms with Crippen molar-refractivity contribution in [1.29, 1.82) is 0 Å². The molecule has 0 aromatic heterocycles. The van der Waals surface area contributed by atoms with Crippen LogP contribution >= 0.6 is 0 Å². The summed E-state index contributed by atoms with van der Waals surface area (Å²) in [5.74, 6) is 3.01. The van der Waals surface area contributed by atoms with E-state index in [1.165, 1.54) is 18.5 Å². The van der Waals surface area contributed by atoms with Gasteiger partial charge in [0, 0.05) is 31.1 Å². The van der Waals surface area contributed by atoms with Crippen LogP contribution in [0.5, 0.6) is 11.5 Å². The number of allylic oxidation sites excluding steroid dienone is 2. The maximum absolute atomic E-state index is 12.6. The van der Waals surface area contributed by atoms with E-state index in [4.69, 9.17) is 9.47 Å². The number of amides is 1. The van der Waals surface area contributed by atoms with Crippen molar-refractivity contribution in [3.8, 4) is 11.5 Å². The molecule has 3 atom stereocenters. The fraction of sp³-hybridized carbons (Fsp3) is 0.438. The monoisotopic (exact) mass is 513 g/mol. The van der Waals surface area contributed by atoms with E-state index in [1.54, 1.807) is 6.21 Å². The zero-order valence-electron chi connectivity index (χ0n) is 22.5. The largest absolute Gasteiger partial charge is 0.493 e. The first-order chi connectivity index (χ1) is 18.5. The van der Waals surface area contributed by atoms with Gasteiger partial charge in [0.1, 0.15) is 17.6 Å². The van der Waals surface area contributed by atoms with E-state index in [2.05, 4.69) is 58.6 Å². The smallest absolute Gasteiger partial charge is 0.224 e. The first-order valence-corrected chi connectivity index (χ1v) is 13.9. The zero-order valence-corrected chi connectivity index (χ0v) is 22.5. The third-order valence-corrected chi connectivity index (χ3v) is 7.45. The summed E-state index contributed by atoms with van der Waals surface area (Å²) in [5, 5.41) is 3.11. The number of rotatable bonds is 10. The lowest BCUT2D eigenvalue weighted by Crippen LogP contribution is -2.27. The Morgan fingerprint density at radius 1 is 1.08 bits per heavy atom. The molecular weight excluding hydrogens is 474 g/mol. The highest BCUT2D eigenvalue weighted by molar-refractivity contribution is 5.89. The third kappa shape index (κ3) is 7.50. The summed E-state index contributed by atoms with van der Waals surface area (Å²) in [7, 11) is 0. The predicted molar refractivity (Wildman–Crippen MR) is 153 cm³/mol. The van der Waals surface area contributed by atoms with Crippen LogP contribution in [0.25, 0.3) is 0 Å². The van der Waals surface area contributed by atoms with E-state index in [9.17, 15) is 4.79 Å². The van der Waals surface area contributed by atoms with Gasteiger partial charge in [0.2, 0.25) is 5.91 Å². The SMILES string of the molecule is CC1C=CN=CC(CC(=O)NC(C)c2ccc(OC3CCN(c4ccc(OCC5CC5)cc4)C3)cc2)=CC1. The molecule has 2 aliphatic heterocycles. The van der Waals surface area contributed by atoms with Gasteiger partial charge in [0.25, 0.3) is 0 Å². The van der Waals surface area contributed by atoms with Crippen LogP contribution in [0.4, 0.5) is 5.69 Å². The van der Waals surface area contributed by atoms with E-state index in [0.717, 1.165) is 61.1 Å². The van der Waals surface area contributed by atoms with Gasteiger partial charge >= 0.3 is 0 Å². The fourth-order valence-corrected chi connectivity index (χ4v) is 4.82. The van der Waals surface area contributed by atoms with Crippen LogP contribution in [0.15, 0.2) is 77.4 Å². The van der Waals surface area contributed by atoms with Gasteiger partial charge in [0.15, 0.2) is 0 Å². The summed E-state index contributed by atoms with van der Waals surface area (Å²) in [6.45, 7) is 6.84. The summed E-state index contributed by atoms with van der Waals surface area (Å²) >= 11 is 0. The third-order valence-electron chi connectivity index (χ3n) is 7.45. The quantitative estimate of drug-likeness (QED) is 0.408. The van der Waals surface area contributed by atoms with Crippen molar-refractivity contribution in [2.45, 2.75) is 58.1 Å². The molecule has 200 valence electrons. The maximum Gasteiger partial charge on any atom is 0.224 e. The number of hydrogen-bond acceptors (Lipinski definition) is 5. The molecular formula is C32H39N3O3. The Bertz CT molecular complexity index is 1170. The summed E-state index contributed by atoms with van der Waals surface area (Å²) in [4.78, 5) is 19.3. The highest BCUT2D eigenvalue weighted by Crippen LogP contribution is 2.30. The molecule has 1 saturated carbocycles. The van der Waals surface area contributed by atoms with Crippen LogP contribution in [0, 0.1) is 11.8 Å². The van der Waals surface area contributed by atoms with Crippen molar-refractivity contribution in [1.82, 2.24) is 5.32 Å². The highest BCUT2D eigenvalue weighted by atomic mass is 16.5. The number of nitrogens with zero attached hydrogens (tertiary/aromatic N) is 2. The Hall–Kier alpha value is -3.54. The average Bonchev–Trinajstić information content (AvgIpc) is 3.64. The van der Waals surface area contributed by atoms with Crippen LogP contribution in [-0.2, 0) is 4.79 Å². The van der Waals surface area contributed by atoms with Gasteiger partial charge in [-0.25, -0.2) is 0 Å². The van der Waals surface area contributed by atoms with Crippen molar-refractivity contribution in [3.05, 3.63) is 78.0 Å². The number of anilines is 1. The molecule has 0 bridgehead atoms. The number of carbonyl (C=O) groups excluding carboxylic acids is 1. The minimum absolute atomic E-state index is 0.00119. The molecule has 1 N–H and O–H groups in total. The van der Waals surface area contributed by atoms with Gasteiger partial charge in [-0.1, -0.05) is 31.2 Å². The van der Waals surface area contributed by atoms with Gasteiger partial charge in [-0.05, 0) is 85.6 Å². The Morgan fingerprint density at radius 3 is 2.61 bits per heavy atom. The van der Waals surface area contributed by atoms with Crippen molar-refractivity contribution >= 4 is 17.8 Å². The summed E-state index contributed by atoms with van der Waals surface area (Å²) in [6.07, 6.45) is 12.8. The number of hydrogen-bond donors (Lipinski definition) is 1. The molecule has 2 aromatic carbocycles. The molecule has 1 saturated heterocycles. The van der Waals surface area contributed by atoms with E-state index < -0.39 is 0 Å². The molecule has 3 unspecified atom stereocenters. The van der Waals surface area contributed by atoms with Crippen LogP contribution in [0.1, 0.15) is 57.6 Å². The second kappa shape index (κ2) is 12.3. The minimum Gasteiger partial charge on any atom is -0.493 e. The Labute approximate surface area is 226 Å². The van der Waals surface area contributed by atoms with Gasteiger partial charge in [-0.2, -0.15) is 0 Å². The van der Waals surface area contributed by atoms with E-state index in [1.807, 2.05) is 37.4 Å². The summed E-state index contributed by atoms with van der Waals surface area (Å²) in [6, 6.07) is 16.4. The maximum atomic E-state index is 12.6. The molecule has 2 aromatic rings. The van der Waals surface area contributed by atoms with Gasteiger partial charge in [-0.15, -0.1) is 0 Å². The second-order valence-electron chi connectivity index (χ2n) is 10.9. The number of nitrogens with one attached hydrogen (secondary N) is 1. The molecule has 2 fully saturated rings. The molecule has 5 rings (SSSR count). The highest BCUT2D eigenvalue weighted by Gasteiger charge is 2.25. The number of aliphatic imine (C=N–C) groups is 1. The van der Waals surface area contributed by atoms with E-state index in [0.29, 0.717) is 12.3 Å². The molecule has 3 aliphatic rings. The summed E-state index contributed by atoms with van der Waals surface area (Å²) < 4.78 is 12.2. The number of benzene rings is 2. The first-order valence-electron chi connectivity index (χ1n) is 13.9. The fourth-order valence-electron chi connectivity index (χ4n) is 4.82. The van der Waals surface area contributed by atoms with Gasteiger partial charge < -0.3 is 19.7 Å². The lowest BCUT2D eigenvalue weighted by molar-refractivity contribution is -0.121. The van der Waals surface area contributed by atoms with Crippen LogP contribution in [-0.4, -0.2) is 37.9 Å². The summed E-state index contributed by atoms with van der Waals surface area (Å²) in [5.41, 5.74) is 3.22. The second-order valence-corrected chi connectivity index (χ2v) is 10.9. The lowest BCUT2D eigenvalue weighted by Gasteiger charge is -2.20. The lowest BCUT2D eigenvalue weighted by atomic mass is 10.0. The molecule has 2 heterocycles. The molecule has 0 spiro atoms. The van der Waals surface area contributed by atoms with Crippen LogP contribution in [0.3, 0.4) is 0 Å². The van der Waals surface area contributed by atoms with Crippen molar-refractivity contribution in [2.24, 2.45) is 16.8 Å². The van der Waals surface area contributed by atoms with E-state index >= 15 is 0 Å². The molecule has 6 nitrogen and oxygen atoms in total. The molecule has 1 aliphatic carbocycles. The number of carbonyl (C=O) groups is 1. The van der Waals surface area contributed by atoms with Gasteiger partial charge in [-0.3, -0.25) is 9.79 Å². The Kier molecular flexibility index (Phi) is 8.47. The average molecular weight is 514 g/mol. The molecule has 1 amide bonds.